The summed E-state index contributed by atoms with van der Waals surface area (Å²) in [6, 6.07) is 9.88. The third-order valence-corrected chi connectivity index (χ3v) is 5.18. The van der Waals surface area contributed by atoms with E-state index in [2.05, 4.69) is 43.0 Å². The molecule has 0 saturated carbocycles. The van der Waals surface area contributed by atoms with Crippen molar-refractivity contribution in [1.82, 2.24) is 24.9 Å². The lowest BCUT2D eigenvalue weighted by atomic mass is 10.1. The molecule has 0 bridgehead atoms. The van der Waals surface area contributed by atoms with E-state index < -0.39 is 0 Å². The highest BCUT2D eigenvalue weighted by Gasteiger charge is 2.24. The number of fused-ring (bicyclic) bond motifs is 1. The van der Waals surface area contributed by atoms with Crippen molar-refractivity contribution in [2.75, 3.05) is 13.1 Å². The van der Waals surface area contributed by atoms with Crippen LogP contribution in [-0.2, 0) is 0 Å². The smallest absolute Gasteiger partial charge is 0.276 e. The Bertz CT molecular complexity index is 959. The van der Waals surface area contributed by atoms with Crippen molar-refractivity contribution in [2.24, 2.45) is 11.8 Å². The highest BCUT2D eigenvalue weighted by molar-refractivity contribution is 5.94. The maximum absolute atomic E-state index is 13.3. The fourth-order valence-corrected chi connectivity index (χ4v) is 3.31. The number of hydrogen-bond acceptors (Lipinski definition) is 4. The maximum atomic E-state index is 13.3. The van der Waals surface area contributed by atoms with Crippen LogP contribution in [0.5, 0.6) is 0 Å². The predicted molar refractivity (Wildman–Crippen MR) is 116 cm³/mol. The summed E-state index contributed by atoms with van der Waals surface area (Å²) in [5, 5.41) is 9.61. The lowest BCUT2D eigenvalue weighted by molar-refractivity contribution is 0.0734. The van der Waals surface area contributed by atoms with E-state index in [0.717, 1.165) is 48.2 Å². The molecule has 0 N–H and O–H groups in total. The van der Waals surface area contributed by atoms with E-state index in [0.29, 0.717) is 17.5 Å². The first-order valence-electron chi connectivity index (χ1n) is 10.4. The zero-order valence-corrected chi connectivity index (χ0v) is 18.1. The first-order valence-corrected chi connectivity index (χ1v) is 10.4. The Kier molecular flexibility index (Phi) is 6.62. The highest BCUT2D eigenvalue weighted by atomic mass is 16.2. The SMILES string of the molecule is Cc1c(C(=O)N(CCC(C)C)CCC(C)C)nnn1-c1cccc2cccnc12. The number of para-hydroxylation sites is 1. The lowest BCUT2D eigenvalue weighted by Gasteiger charge is -2.24. The molecule has 0 saturated heterocycles. The average molecular weight is 394 g/mol. The van der Waals surface area contributed by atoms with Gasteiger partial charge in [0.25, 0.3) is 5.91 Å². The number of nitrogens with zero attached hydrogens (tertiary/aromatic N) is 5. The number of benzene rings is 1. The summed E-state index contributed by atoms with van der Waals surface area (Å²) in [4.78, 5) is 19.7. The predicted octanol–water partition coefficient (Wildman–Crippen LogP) is 4.66. The minimum atomic E-state index is -0.0387. The fraction of sp³-hybridized carbons (Fsp3) is 0.478. The largest absolute Gasteiger partial charge is 0.337 e. The first kappa shape index (κ1) is 21.0. The summed E-state index contributed by atoms with van der Waals surface area (Å²) in [7, 11) is 0. The van der Waals surface area contributed by atoms with E-state index in [1.165, 1.54) is 0 Å². The van der Waals surface area contributed by atoms with Crippen molar-refractivity contribution in [2.45, 2.75) is 47.5 Å². The van der Waals surface area contributed by atoms with E-state index in [4.69, 9.17) is 0 Å². The molecule has 0 unspecified atom stereocenters. The zero-order chi connectivity index (χ0) is 21.0. The van der Waals surface area contributed by atoms with Crippen LogP contribution in [0, 0.1) is 18.8 Å². The molecule has 0 aliphatic heterocycles. The third kappa shape index (κ3) is 4.81. The van der Waals surface area contributed by atoms with Crippen LogP contribution in [0.15, 0.2) is 36.5 Å². The van der Waals surface area contributed by atoms with Gasteiger partial charge in [-0.05, 0) is 43.7 Å². The Morgan fingerprint density at radius 1 is 1.03 bits per heavy atom. The van der Waals surface area contributed by atoms with Crippen LogP contribution in [0.25, 0.3) is 16.6 Å². The first-order chi connectivity index (χ1) is 13.9. The molecule has 29 heavy (non-hydrogen) atoms. The van der Waals surface area contributed by atoms with Gasteiger partial charge in [-0.1, -0.05) is 51.1 Å². The Labute approximate surface area is 172 Å². The van der Waals surface area contributed by atoms with Gasteiger partial charge in [-0.25, -0.2) is 4.68 Å². The molecule has 154 valence electrons. The number of rotatable bonds is 8. The minimum Gasteiger partial charge on any atom is -0.337 e. The van der Waals surface area contributed by atoms with Crippen LogP contribution in [-0.4, -0.2) is 43.9 Å². The van der Waals surface area contributed by atoms with Gasteiger partial charge < -0.3 is 4.90 Å². The van der Waals surface area contributed by atoms with E-state index in [1.807, 2.05) is 42.2 Å². The van der Waals surface area contributed by atoms with Crippen LogP contribution in [0.2, 0.25) is 0 Å². The van der Waals surface area contributed by atoms with E-state index >= 15 is 0 Å². The van der Waals surface area contributed by atoms with Crippen molar-refractivity contribution in [3.63, 3.8) is 0 Å². The van der Waals surface area contributed by atoms with Crippen molar-refractivity contribution in [1.29, 1.82) is 0 Å². The molecule has 0 spiro atoms. The van der Waals surface area contributed by atoms with Crippen LogP contribution >= 0.6 is 0 Å². The number of hydrogen-bond donors (Lipinski definition) is 0. The number of aromatic nitrogens is 4. The van der Waals surface area contributed by atoms with Gasteiger partial charge in [0.15, 0.2) is 5.69 Å². The van der Waals surface area contributed by atoms with Crippen LogP contribution < -0.4 is 0 Å². The maximum Gasteiger partial charge on any atom is 0.276 e. The Morgan fingerprint density at radius 2 is 1.69 bits per heavy atom. The van der Waals surface area contributed by atoms with Crippen molar-refractivity contribution in [3.05, 3.63) is 47.9 Å². The van der Waals surface area contributed by atoms with Gasteiger partial charge >= 0.3 is 0 Å². The molecule has 2 heterocycles. The van der Waals surface area contributed by atoms with Gasteiger partial charge in [0.05, 0.1) is 16.9 Å². The molecular formula is C23H31N5O. The topological polar surface area (TPSA) is 63.9 Å². The molecule has 0 atom stereocenters. The molecule has 2 aromatic heterocycles. The van der Waals surface area contributed by atoms with Gasteiger partial charge in [-0.3, -0.25) is 9.78 Å². The van der Waals surface area contributed by atoms with Crippen LogP contribution in [0.1, 0.15) is 56.7 Å². The number of pyridine rings is 1. The van der Waals surface area contributed by atoms with Gasteiger partial charge in [0, 0.05) is 24.7 Å². The van der Waals surface area contributed by atoms with Crippen LogP contribution in [0.4, 0.5) is 0 Å². The molecule has 6 nitrogen and oxygen atoms in total. The van der Waals surface area contributed by atoms with Crippen molar-refractivity contribution >= 4 is 16.8 Å². The number of carbonyl (C=O) groups is 1. The standard InChI is InChI=1S/C23H31N5O/c1-16(2)11-14-27(15-12-17(3)4)23(29)21-18(5)28(26-25-21)20-10-6-8-19-9-7-13-24-22(19)20/h6-10,13,16-17H,11-12,14-15H2,1-5H3. The van der Waals surface area contributed by atoms with Crippen molar-refractivity contribution in [3.8, 4) is 5.69 Å². The Hall–Kier alpha value is -2.76. The van der Waals surface area contributed by atoms with E-state index in [-0.39, 0.29) is 5.91 Å². The van der Waals surface area contributed by atoms with Gasteiger partial charge in [0.2, 0.25) is 0 Å². The summed E-state index contributed by atoms with van der Waals surface area (Å²) < 4.78 is 1.73. The van der Waals surface area contributed by atoms with E-state index in [1.54, 1.807) is 10.9 Å². The normalized spacial score (nSPS) is 11.6. The quantitative estimate of drug-likeness (QED) is 0.558. The second kappa shape index (κ2) is 9.16. The molecule has 0 fully saturated rings. The zero-order valence-electron chi connectivity index (χ0n) is 18.1. The third-order valence-electron chi connectivity index (χ3n) is 5.18. The molecule has 0 aliphatic rings. The summed E-state index contributed by atoms with van der Waals surface area (Å²) >= 11 is 0. The molecule has 1 amide bonds. The second-order valence-corrected chi connectivity index (χ2v) is 8.44. The minimum absolute atomic E-state index is 0.0387. The molecule has 1 aromatic carbocycles. The van der Waals surface area contributed by atoms with Crippen molar-refractivity contribution < 1.29 is 4.79 Å². The average Bonchev–Trinajstić information content (AvgIpc) is 3.08. The van der Waals surface area contributed by atoms with Gasteiger partial charge in [-0.15, -0.1) is 5.10 Å². The van der Waals surface area contributed by atoms with Gasteiger partial charge in [-0.2, -0.15) is 0 Å². The fourth-order valence-electron chi connectivity index (χ4n) is 3.31. The molecule has 0 radical (unpaired) electrons. The summed E-state index contributed by atoms with van der Waals surface area (Å²) in [5.41, 5.74) is 2.85. The number of carbonyl (C=O) groups excluding carboxylic acids is 1. The lowest BCUT2D eigenvalue weighted by Crippen LogP contribution is -2.34. The monoisotopic (exact) mass is 393 g/mol. The molecule has 3 aromatic rings. The van der Waals surface area contributed by atoms with Gasteiger partial charge in [0.1, 0.15) is 0 Å². The summed E-state index contributed by atoms with van der Waals surface area (Å²) in [6.45, 7) is 12.1. The highest BCUT2D eigenvalue weighted by Crippen LogP contribution is 2.22. The Balaban J connectivity index is 1.92. The Morgan fingerprint density at radius 3 is 2.34 bits per heavy atom. The molecular weight excluding hydrogens is 362 g/mol. The van der Waals surface area contributed by atoms with Crippen LogP contribution in [0.3, 0.4) is 0 Å². The molecule has 3 rings (SSSR count). The summed E-state index contributed by atoms with van der Waals surface area (Å²) in [6.07, 6.45) is 3.72. The molecule has 6 heteroatoms. The van der Waals surface area contributed by atoms with E-state index in [9.17, 15) is 4.79 Å². The number of amides is 1. The molecule has 0 aliphatic carbocycles. The summed E-state index contributed by atoms with van der Waals surface area (Å²) in [5.74, 6) is 1.05. The second-order valence-electron chi connectivity index (χ2n) is 8.44.